The minimum absolute atomic E-state index is 0.408. The number of hydrogen-bond donors (Lipinski definition) is 0. The maximum absolute atomic E-state index is 11.9. The fourth-order valence-electron chi connectivity index (χ4n) is 2.33. The molecular weight excluding hydrogens is 292 g/mol. The van der Waals surface area contributed by atoms with Gasteiger partial charge in [0.05, 0.1) is 19.8 Å². The van der Waals surface area contributed by atoms with Gasteiger partial charge in [0, 0.05) is 5.56 Å². The molecule has 0 aromatic heterocycles. The molecule has 0 bridgehead atoms. The lowest BCUT2D eigenvalue weighted by Gasteiger charge is -2.16. The predicted octanol–water partition coefficient (Wildman–Crippen LogP) is 3.79. The van der Waals surface area contributed by atoms with Gasteiger partial charge in [-0.05, 0) is 24.1 Å². The van der Waals surface area contributed by atoms with Crippen molar-refractivity contribution < 1.29 is 19.0 Å². The Labute approximate surface area is 136 Å². The van der Waals surface area contributed by atoms with Crippen LogP contribution in [0.15, 0.2) is 55.1 Å². The summed E-state index contributed by atoms with van der Waals surface area (Å²) >= 11 is 0. The van der Waals surface area contributed by atoms with Crippen molar-refractivity contribution in [1.29, 1.82) is 0 Å². The first-order valence-corrected chi connectivity index (χ1v) is 7.27. The number of rotatable bonds is 7. The van der Waals surface area contributed by atoms with E-state index in [0.717, 1.165) is 5.56 Å². The van der Waals surface area contributed by atoms with Crippen molar-refractivity contribution in [2.24, 2.45) is 0 Å². The van der Waals surface area contributed by atoms with Crippen molar-refractivity contribution in [2.45, 2.75) is 13.0 Å². The molecule has 4 heteroatoms. The molecule has 0 heterocycles. The summed E-state index contributed by atoms with van der Waals surface area (Å²) in [7, 11) is 2.91. The van der Waals surface area contributed by atoms with E-state index in [4.69, 9.17) is 14.2 Å². The summed E-state index contributed by atoms with van der Waals surface area (Å²) in [6.45, 7) is 4.15. The van der Waals surface area contributed by atoms with Crippen LogP contribution in [-0.2, 0) is 17.8 Å². The maximum Gasteiger partial charge on any atom is 0.338 e. The van der Waals surface area contributed by atoms with Gasteiger partial charge in [0.25, 0.3) is 0 Å². The molecule has 2 aromatic carbocycles. The Morgan fingerprint density at radius 1 is 1.13 bits per heavy atom. The number of benzene rings is 2. The molecule has 23 heavy (non-hydrogen) atoms. The van der Waals surface area contributed by atoms with Gasteiger partial charge < -0.3 is 14.2 Å². The Hall–Kier alpha value is -2.75. The van der Waals surface area contributed by atoms with Crippen LogP contribution in [0.2, 0.25) is 0 Å². The molecule has 0 aliphatic heterocycles. The van der Waals surface area contributed by atoms with Crippen LogP contribution in [0.3, 0.4) is 0 Å². The number of hydrogen-bond acceptors (Lipinski definition) is 4. The smallest absolute Gasteiger partial charge is 0.338 e. The van der Waals surface area contributed by atoms with Gasteiger partial charge in [-0.3, -0.25) is 0 Å². The molecule has 0 aliphatic carbocycles. The number of esters is 1. The molecule has 0 atom stereocenters. The van der Waals surface area contributed by atoms with Crippen LogP contribution >= 0.6 is 0 Å². The van der Waals surface area contributed by atoms with E-state index >= 15 is 0 Å². The van der Waals surface area contributed by atoms with Gasteiger partial charge >= 0.3 is 5.97 Å². The van der Waals surface area contributed by atoms with Crippen LogP contribution in [0.5, 0.6) is 11.5 Å². The second-order valence-corrected chi connectivity index (χ2v) is 4.88. The quantitative estimate of drug-likeness (QED) is 0.576. The van der Waals surface area contributed by atoms with Gasteiger partial charge in [0.1, 0.15) is 6.61 Å². The Morgan fingerprint density at radius 2 is 1.87 bits per heavy atom. The summed E-state index contributed by atoms with van der Waals surface area (Å²) in [5, 5.41) is 0. The van der Waals surface area contributed by atoms with E-state index in [1.54, 1.807) is 25.3 Å². The van der Waals surface area contributed by atoms with Crippen molar-refractivity contribution in [3.05, 3.63) is 71.8 Å². The van der Waals surface area contributed by atoms with Crippen LogP contribution in [0, 0.1) is 0 Å². The van der Waals surface area contributed by atoms with E-state index in [0.29, 0.717) is 35.7 Å². The number of ether oxygens (including phenoxy) is 3. The van der Waals surface area contributed by atoms with Crippen LogP contribution in [0.25, 0.3) is 0 Å². The first kappa shape index (κ1) is 16.6. The normalized spacial score (nSPS) is 10.0. The third-order valence-corrected chi connectivity index (χ3v) is 3.42. The summed E-state index contributed by atoms with van der Waals surface area (Å²) in [4.78, 5) is 11.9. The summed E-state index contributed by atoms with van der Waals surface area (Å²) in [5.41, 5.74) is 2.22. The Balaban J connectivity index is 2.34. The largest absolute Gasteiger partial charge is 0.493 e. The highest BCUT2D eigenvalue weighted by molar-refractivity contribution is 5.92. The van der Waals surface area contributed by atoms with Gasteiger partial charge in [0.2, 0.25) is 0 Å². The Kier molecular flexibility index (Phi) is 5.80. The van der Waals surface area contributed by atoms with Crippen molar-refractivity contribution in [3.8, 4) is 11.5 Å². The maximum atomic E-state index is 11.9. The number of carbonyl (C=O) groups is 1. The van der Waals surface area contributed by atoms with Crippen LogP contribution in [-0.4, -0.2) is 20.2 Å². The molecule has 0 spiro atoms. The SMILES string of the molecule is C=CCc1c(C(=O)OC)ccc(OCc2ccccc2)c1OC. The van der Waals surface area contributed by atoms with Gasteiger partial charge in [-0.2, -0.15) is 0 Å². The average Bonchev–Trinajstić information content (AvgIpc) is 2.60. The Bertz CT molecular complexity index is 677. The molecule has 2 rings (SSSR count). The molecule has 0 unspecified atom stereocenters. The topological polar surface area (TPSA) is 44.8 Å². The zero-order valence-corrected chi connectivity index (χ0v) is 13.4. The van der Waals surface area contributed by atoms with Crippen molar-refractivity contribution >= 4 is 5.97 Å². The second-order valence-electron chi connectivity index (χ2n) is 4.88. The third-order valence-electron chi connectivity index (χ3n) is 3.42. The monoisotopic (exact) mass is 312 g/mol. The molecule has 0 radical (unpaired) electrons. The van der Waals surface area contributed by atoms with E-state index in [1.807, 2.05) is 30.3 Å². The summed E-state index contributed by atoms with van der Waals surface area (Å²) < 4.78 is 16.2. The standard InChI is InChI=1S/C19H20O4/c1-4-8-15-16(19(20)22-3)11-12-17(18(15)21-2)23-13-14-9-6-5-7-10-14/h4-7,9-12H,1,8,13H2,2-3H3. The fraction of sp³-hybridized carbons (Fsp3) is 0.211. The predicted molar refractivity (Wildman–Crippen MR) is 89.0 cm³/mol. The van der Waals surface area contributed by atoms with E-state index in [2.05, 4.69) is 6.58 Å². The summed E-state index contributed by atoms with van der Waals surface area (Å²) in [5.74, 6) is 0.708. The fourth-order valence-corrected chi connectivity index (χ4v) is 2.33. The van der Waals surface area contributed by atoms with E-state index in [9.17, 15) is 4.79 Å². The van der Waals surface area contributed by atoms with Crippen molar-refractivity contribution in [1.82, 2.24) is 0 Å². The molecular formula is C19H20O4. The lowest BCUT2D eigenvalue weighted by Crippen LogP contribution is -2.08. The highest BCUT2D eigenvalue weighted by Crippen LogP contribution is 2.35. The van der Waals surface area contributed by atoms with Crippen molar-refractivity contribution in [3.63, 3.8) is 0 Å². The minimum Gasteiger partial charge on any atom is -0.493 e. The van der Waals surface area contributed by atoms with E-state index in [-0.39, 0.29) is 0 Å². The average molecular weight is 312 g/mol. The van der Waals surface area contributed by atoms with Gasteiger partial charge in [-0.15, -0.1) is 6.58 Å². The van der Waals surface area contributed by atoms with Crippen LogP contribution in [0.4, 0.5) is 0 Å². The van der Waals surface area contributed by atoms with Crippen LogP contribution < -0.4 is 9.47 Å². The number of allylic oxidation sites excluding steroid dienone is 1. The number of carbonyl (C=O) groups excluding carboxylic acids is 1. The summed E-state index contributed by atoms with van der Waals surface area (Å²) in [6.07, 6.45) is 2.20. The molecule has 120 valence electrons. The first-order valence-electron chi connectivity index (χ1n) is 7.27. The molecule has 0 amide bonds. The van der Waals surface area contributed by atoms with Gasteiger partial charge in [-0.25, -0.2) is 4.79 Å². The number of methoxy groups -OCH3 is 2. The van der Waals surface area contributed by atoms with E-state index < -0.39 is 5.97 Å². The molecule has 0 aliphatic rings. The van der Waals surface area contributed by atoms with Crippen LogP contribution in [0.1, 0.15) is 21.5 Å². The van der Waals surface area contributed by atoms with Gasteiger partial charge in [-0.1, -0.05) is 36.4 Å². The highest BCUT2D eigenvalue weighted by atomic mass is 16.5. The Morgan fingerprint density at radius 3 is 2.48 bits per heavy atom. The molecule has 2 aromatic rings. The molecule has 0 fully saturated rings. The molecule has 0 saturated heterocycles. The zero-order chi connectivity index (χ0) is 16.7. The molecule has 4 nitrogen and oxygen atoms in total. The lowest BCUT2D eigenvalue weighted by molar-refractivity contribution is 0.0599. The second kappa shape index (κ2) is 8.03. The zero-order valence-electron chi connectivity index (χ0n) is 13.4. The van der Waals surface area contributed by atoms with Gasteiger partial charge in [0.15, 0.2) is 11.5 Å². The highest BCUT2D eigenvalue weighted by Gasteiger charge is 2.19. The lowest BCUT2D eigenvalue weighted by atomic mass is 10.0. The van der Waals surface area contributed by atoms with Crippen molar-refractivity contribution in [2.75, 3.05) is 14.2 Å². The summed E-state index contributed by atoms with van der Waals surface area (Å²) in [6, 6.07) is 13.3. The third kappa shape index (κ3) is 3.92. The minimum atomic E-state index is -0.408. The molecule has 0 N–H and O–H groups in total. The molecule has 0 saturated carbocycles. The first-order chi connectivity index (χ1) is 11.2. The van der Waals surface area contributed by atoms with E-state index in [1.165, 1.54) is 7.11 Å².